The zero-order chi connectivity index (χ0) is 20.6. The first-order chi connectivity index (χ1) is 13.3. The Bertz CT molecular complexity index is 655. The van der Waals surface area contributed by atoms with Crippen molar-refractivity contribution in [2.75, 3.05) is 26.7 Å². The molecule has 1 atom stereocenters. The van der Waals surface area contributed by atoms with Gasteiger partial charge in [0.2, 0.25) is 5.88 Å². The standard InChI is InChI=1S/C20H33N5O3/c1-6-11-27-17-8-7-15(12-22-17)13-23-18(21-5)25-10-9-16(14-25)24-19(26)28-20(2,3)4/h7-8,12,16H,6,9-11,13-14H2,1-5H3,(H,21,23)(H,24,26). The summed E-state index contributed by atoms with van der Waals surface area (Å²) < 4.78 is 10.8. The number of likely N-dealkylation sites (tertiary alicyclic amines) is 1. The van der Waals surface area contributed by atoms with Crippen LogP contribution in [0, 0.1) is 0 Å². The van der Waals surface area contributed by atoms with Crippen molar-refractivity contribution in [3.8, 4) is 5.88 Å². The second kappa shape index (κ2) is 10.1. The Kier molecular flexibility index (Phi) is 7.90. The first kappa shape index (κ1) is 21.8. The molecule has 0 saturated carbocycles. The number of guanidine groups is 1. The molecule has 8 nitrogen and oxygen atoms in total. The molecular weight excluding hydrogens is 358 g/mol. The zero-order valence-corrected chi connectivity index (χ0v) is 17.6. The Labute approximate surface area is 167 Å². The molecule has 1 fully saturated rings. The van der Waals surface area contributed by atoms with E-state index in [1.807, 2.05) is 39.1 Å². The molecule has 2 rings (SSSR count). The van der Waals surface area contributed by atoms with Gasteiger partial charge in [-0.2, -0.15) is 0 Å². The number of nitrogens with zero attached hydrogens (tertiary/aromatic N) is 3. The maximum Gasteiger partial charge on any atom is 0.407 e. The number of pyridine rings is 1. The first-order valence-electron chi connectivity index (χ1n) is 9.83. The van der Waals surface area contributed by atoms with E-state index < -0.39 is 5.60 Å². The van der Waals surface area contributed by atoms with Gasteiger partial charge in [-0.1, -0.05) is 13.0 Å². The first-order valence-corrected chi connectivity index (χ1v) is 9.83. The maximum atomic E-state index is 11.9. The summed E-state index contributed by atoms with van der Waals surface area (Å²) in [5.74, 6) is 1.45. The van der Waals surface area contributed by atoms with Crippen LogP contribution in [-0.4, -0.2) is 60.3 Å². The number of amides is 1. The van der Waals surface area contributed by atoms with Gasteiger partial charge in [-0.05, 0) is 39.2 Å². The molecule has 1 aliphatic heterocycles. The van der Waals surface area contributed by atoms with E-state index in [4.69, 9.17) is 9.47 Å². The van der Waals surface area contributed by atoms with E-state index in [9.17, 15) is 4.79 Å². The van der Waals surface area contributed by atoms with Crippen LogP contribution in [0.15, 0.2) is 23.3 Å². The normalized spacial score (nSPS) is 17.4. The molecule has 2 heterocycles. The predicted molar refractivity (Wildman–Crippen MR) is 110 cm³/mol. The van der Waals surface area contributed by atoms with Crippen LogP contribution in [0.1, 0.15) is 46.1 Å². The molecule has 156 valence electrons. The Morgan fingerprint density at radius 2 is 2.18 bits per heavy atom. The number of ether oxygens (including phenoxy) is 2. The third-order valence-electron chi connectivity index (χ3n) is 4.12. The Morgan fingerprint density at radius 3 is 2.79 bits per heavy atom. The zero-order valence-electron chi connectivity index (χ0n) is 17.6. The van der Waals surface area contributed by atoms with Crippen LogP contribution in [0.5, 0.6) is 5.88 Å². The van der Waals surface area contributed by atoms with E-state index in [-0.39, 0.29) is 12.1 Å². The number of aromatic nitrogens is 1. The Hall–Kier alpha value is -2.51. The van der Waals surface area contributed by atoms with Crippen molar-refractivity contribution in [2.24, 2.45) is 4.99 Å². The van der Waals surface area contributed by atoms with Crippen molar-refractivity contribution in [1.29, 1.82) is 0 Å². The highest BCUT2D eigenvalue weighted by Gasteiger charge is 2.27. The minimum atomic E-state index is -0.495. The molecule has 8 heteroatoms. The van der Waals surface area contributed by atoms with Crippen LogP contribution in [0.3, 0.4) is 0 Å². The number of hydrogen-bond donors (Lipinski definition) is 2. The molecule has 28 heavy (non-hydrogen) atoms. The largest absolute Gasteiger partial charge is 0.478 e. The number of carbonyl (C=O) groups excluding carboxylic acids is 1. The highest BCUT2D eigenvalue weighted by Crippen LogP contribution is 2.13. The summed E-state index contributed by atoms with van der Waals surface area (Å²) in [6.45, 7) is 10.4. The predicted octanol–water partition coefficient (Wildman–Crippen LogP) is 2.54. The topological polar surface area (TPSA) is 88.1 Å². The summed E-state index contributed by atoms with van der Waals surface area (Å²) in [6, 6.07) is 3.92. The van der Waals surface area contributed by atoms with Gasteiger partial charge in [0.25, 0.3) is 0 Å². The maximum absolute atomic E-state index is 11.9. The van der Waals surface area contributed by atoms with E-state index in [1.165, 1.54) is 0 Å². The fraction of sp³-hybridized carbons (Fsp3) is 0.650. The number of rotatable bonds is 6. The highest BCUT2D eigenvalue weighted by molar-refractivity contribution is 5.80. The monoisotopic (exact) mass is 391 g/mol. The molecule has 0 spiro atoms. The Morgan fingerprint density at radius 1 is 1.39 bits per heavy atom. The van der Waals surface area contributed by atoms with E-state index >= 15 is 0 Å². The van der Waals surface area contributed by atoms with Crippen LogP contribution in [-0.2, 0) is 11.3 Å². The van der Waals surface area contributed by atoms with Gasteiger partial charge >= 0.3 is 6.09 Å². The molecule has 0 bridgehead atoms. The van der Waals surface area contributed by atoms with Crippen molar-refractivity contribution in [2.45, 2.75) is 58.7 Å². The van der Waals surface area contributed by atoms with Crippen molar-refractivity contribution in [3.05, 3.63) is 23.9 Å². The van der Waals surface area contributed by atoms with Crippen molar-refractivity contribution in [3.63, 3.8) is 0 Å². The molecule has 1 amide bonds. The fourth-order valence-electron chi connectivity index (χ4n) is 2.87. The number of aliphatic imine (C=N–C) groups is 1. The van der Waals surface area contributed by atoms with Gasteiger partial charge in [0, 0.05) is 38.9 Å². The van der Waals surface area contributed by atoms with Gasteiger partial charge in [-0.3, -0.25) is 4.99 Å². The molecule has 1 unspecified atom stereocenters. The number of carbonyl (C=O) groups is 1. The number of nitrogens with one attached hydrogen (secondary N) is 2. The molecule has 0 aliphatic carbocycles. The van der Waals surface area contributed by atoms with Crippen molar-refractivity contribution in [1.82, 2.24) is 20.5 Å². The van der Waals surface area contributed by atoms with Gasteiger partial charge < -0.3 is 25.0 Å². The number of alkyl carbamates (subject to hydrolysis) is 1. The van der Waals surface area contributed by atoms with Crippen LogP contribution >= 0.6 is 0 Å². The summed E-state index contributed by atoms with van der Waals surface area (Å²) in [5.41, 5.74) is 0.554. The molecule has 1 saturated heterocycles. The Balaban J connectivity index is 1.80. The van der Waals surface area contributed by atoms with E-state index in [1.54, 1.807) is 7.05 Å². The molecule has 1 aromatic heterocycles. The lowest BCUT2D eigenvalue weighted by Gasteiger charge is -2.23. The third kappa shape index (κ3) is 7.25. The van der Waals surface area contributed by atoms with Gasteiger partial charge in [0.1, 0.15) is 5.60 Å². The van der Waals surface area contributed by atoms with Crippen molar-refractivity contribution < 1.29 is 14.3 Å². The fourth-order valence-corrected chi connectivity index (χ4v) is 2.87. The summed E-state index contributed by atoms with van der Waals surface area (Å²) in [5, 5.41) is 6.29. The van der Waals surface area contributed by atoms with E-state index in [0.29, 0.717) is 25.6 Å². The van der Waals surface area contributed by atoms with Gasteiger partial charge in [-0.15, -0.1) is 0 Å². The lowest BCUT2D eigenvalue weighted by molar-refractivity contribution is 0.0507. The summed E-state index contributed by atoms with van der Waals surface area (Å²) in [6.07, 6.45) is 3.24. The highest BCUT2D eigenvalue weighted by atomic mass is 16.6. The van der Waals surface area contributed by atoms with Crippen LogP contribution in [0.25, 0.3) is 0 Å². The smallest absolute Gasteiger partial charge is 0.407 e. The average Bonchev–Trinajstić information content (AvgIpc) is 3.08. The molecule has 1 aromatic rings. The summed E-state index contributed by atoms with van der Waals surface area (Å²) >= 11 is 0. The van der Waals surface area contributed by atoms with Gasteiger partial charge in [-0.25, -0.2) is 9.78 Å². The lowest BCUT2D eigenvalue weighted by Crippen LogP contribution is -2.44. The summed E-state index contributed by atoms with van der Waals surface area (Å²) in [4.78, 5) is 22.8. The average molecular weight is 392 g/mol. The van der Waals surface area contributed by atoms with Gasteiger partial charge in [0.05, 0.1) is 12.6 Å². The second-order valence-corrected chi connectivity index (χ2v) is 7.83. The lowest BCUT2D eigenvalue weighted by atomic mass is 10.2. The molecule has 2 N–H and O–H groups in total. The minimum Gasteiger partial charge on any atom is -0.478 e. The minimum absolute atomic E-state index is 0.0464. The molecule has 0 aromatic carbocycles. The summed E-state index contributed by atoms with van der Waals surface area (Å²) in [7, 11) is 1.76. The molecule has 0 radical (unpaired) electrons. The molecular formula is C20H33N5O3. The van der Waals surface area contributed by atoms with Crippen LogP contribution < -0.4 is 15.4 Å². The third-order valence-corrected chi connectivity index (χ3v) is 4.12. The number of hydrogen-bond acceptors (Lipinski definition) is 5. The van der Waals surface area contributed by atoms with Crippen LogP contribution in [0.4, 0.5) is 4.79 Å². The van der Waals surface area contributed by atoms with E-state index in [0.717, 1.165) is 30.9 Å². The van der Waals surface area contributed by atoms with Crippen molar-refractivity contribution >= 4 is 12.1 Å². The quantitative estimate of drug-likeness (QED) is 0.572. The van der Waals surface area contributed by atoms with E-state index in [2.05, 4.69) is 32.4 Å². The second-order valence-electron chi connectivity index (χ2n) is 7.83. The molecule has 1 aliphatic rings. The SMILES string of the molecule is CCCOc1ccc(CNC(=NC)N2CCC(NC(=O)OC(C)(C)C)C2)cn1. The van der Waals surface area contributed by atoms with Crippen LogP contribution in [0.2, 0.25) is 0 Å². The van der Waals surface area contributed by atoms with Gasteiger partial charge in [0.15, 0.2) is 5.96 Å².